The fourth-order valence-electron chi connectivity index (χ4n) is 5.27. The topological polar surface area (TPSA) is 189 Å². The van der Waals surface area contributed by atoms with Gasteiger partial charge in [0.2, 0.25) is 17.7 Å². The molecular formula is C32H46N4O7. The predicted octanol–water partition coefficient (Wildman–Crippen LogP) is 3.58. The summed E-state index contributed by atoms with van der Waals surface area (Å²) in [5, 5.41) is 15.0. The van der Waals surface area contributed by atoms with Crippen LogP contribution in [-0.2, 0) is 35.2 Å². The first-order valence-corrected chi connectivity index (χ1v) is 15.2. The highest BCUT2D eigenvalue weighted by Crippen LogP contribution is 2.24. The number of H-pyrrole nitrogens is 1. The molecule has 43 heavy (non-hydrogen) atoms. The van der Waals surface area contributed by atoms with E-state index in [1.807, 2.05) is 24.3 Å². The number of carboxylic acid groups (broad SMARTS) is 1. The Bertz CT molecular complexity index is 1260. The number of rotatable bonds is 22. The molecule has 11 nitrogen and oxygen atoms in total. The third-order valence-corrected chi connectivity index (χ3v) is 7.64. The molecule has 1 heterocycles. The Morgan fingerprint density at radius 3 is 2.19 bits per heavy atom. The van der Waals surface area contributed by atoms with Crippen molar-refractivity contribution in [3.63, 3.8) is 0 Å². The van der Waals surface area contributed by atoms with Crippen molar-refractivity contribution in [1.82, 2.24) is 15.6 Å². The Kier molecular flexibility index (Phi) is 15.1. The number of hydrogen-bond donors (Lipinski definition) is 5. The largest absolute Gasteiger partial charge is 0.481 e. The van der Waals surface area contributed by atoms with Crippen LogP contribution in [0.25, 0.3) is 10.9 Å². The summed E-state index contributed by atoms with van der Waals surface area (Å²) in [4.78, 5) is 78.2. The average Bonchev–Trinajstić information content (AvgIpc) is 3.37. The van der Waals surface area contributed by atoms with Gasteiger partial charge in [0.25, 0.3) is 0 Å². The minimum absolute atomic E-state index is 0.0431. The summed E-state index contributed by atoms with van der Waals surface area (Å²) < 4.78 is 0. The van der Waals surface area contributed by atoms with Crippen molar-refractivity contribution in [1.29, 1.82) is 0 Å². The molecule has 0 spiro atoms. The second kappa shape index (κ2) is 18.5. The first-order valence-electron chi connectivity index (χ1n) is 15.2. The summed E-state index contributed by atoms with van der Waals surface area (Å²) in [5.74, 6) is -6.12. The number of primary amides is 1. The van der Waals surface area contributed by atoms with Crippen LogP contribution in [0.1, 0.15) is 89.5 Å². The fourth-order valence-corrected chi connectivity index (χ4v) is 5.27. The summed E-state index contributed by atoms with van der Waals surface area (Å²) in [6.07, 6.45) is 8.10. The van der Waals surface area contributed by atoms with Crippen LogP contribution >= 0.6 is 0 Å². The van der Waals surface area contributed by atoms with E-state index < -0.39 is 66.6 Å². The maximum absolute atomic E-state index is 13.6. The molecule has 2 aromatic rings. The van der Waals surface area contributed by atoms with Crippen molar-refractivity contribution in [2.45, 2.75) is 96.4 Å². The van der Waals surface area contributed by atoms with Crippen molar-refractivity contribution < 1.29 is 33.9 Å². The zero-order valence-electron chi connectivity index (χ0n) is 25.3. The molecule has 236 valence electrons. The number of aromatic nitrogens is 1. The van der Waals surface area contributed by atoms with E-state index in [4.69, 9.17) is 5.73 Å². The van der Waals surface area contributed by atoms with Crippen LogP contribution in [-0.4, -0.2) is 58.4 Å². The molecule has 3 unspecified atom stereocenters. The maximum Gasteiger partial charge on any atom is 0.304 e. The number of amides is 3. The number of hydrogen-bond acceptors (Lipinski definition) is 6. The number of unbranched alkanes of at least 4 members (excludes halogenated alkanes) is 6. The third kappa shape index (κ3) is 12.4. The summed E-state index contributed by atoms with van der Waals surface area (Å²) >= 11 is 0. The molecule has 0 radical (unpaired) electrons. The molecule has 0 aliphatic heterocycles. The van der Waals surface area contributed by atoms with Crippen LogP contribution in [0.5, 0.6) is 0 Å². The predicted molar refractivity (Wildman–Crippen MR) is 163 cm³/mol. The quantitative estimate of drug-likeness (QED) is 0.128. The number of aromatic amines is 1. The third-order valence-electron chi connectivity index (χ3n) is 7.64. The molecule has 0 saturated carbocycles. The first kappa shape index (κ1) is 35.2. The van der Waals surface area contributed by atoms with E-state index in [1.54, 1.807) is 6.20 Å². The van der Waals surface area contributed by atoms with Gasteiger partial charge in [0.05, 0.1) is 24.8 Å². The molecule has 0 bridgehead atoms. The second-order valence-electron chi connectivity index (χ2n) is 11.2. The minimum Gasteiger partial charge on any atom is -0.481 e. The summed E-state index contributed by atoms with van der Waals surface area (Å²) in [5.41, 5.74) is 7.08. The number of nitrogens with one attached hydrogen (secondary N) is 3. The van der Waals surface area contributed by atoms with Gasteiger partial charge in [-0.2, -0.15) is 0 Å². The number of carbonyl (C=O) groups is 6. The lowest BCUT2D eigenvalue weighted by molar-refractivity contribution is -0.142. The molecule has 0 aliphatic rings. The van der Waals surface area contributed by atoms with Gasteiger partial charge in [-0.25, -0.2) is 0 Å². The Morgan fingerprint density at radius 1 is 0.860 bits per heavy atom. The molecule has 6 N–H and O–H groups in total. The molecule has 0 aliphatic carbocycles. The van der Waals surface area contributed by atoms with E-state index >= 15 is 0 Å². The summed E-state index contributed by atoms with van der Waals surface area (Å²) in [6.45, 7) is 2.16. The number of carboxylic acids is 1. The van der Waals surface area contributed by atoms with Gasteiger partial charge in [0, 0.05) is 49.3 Å². The SMILES string of the molecule is CCCCCCCCCC(=O)CC(Cc1c[nH]c2ccccc12)C(=O)NC(CC(N)=O)C(=O)CC(CC(=O)O)C(=O)NC. The Balaban J connectivity index is 2.19. The molecule has 3 amide bonds. The van der Waals surface area contributed by atoms with E-state index in [-0.39, 0.29) is 18.6 Å². The number of fused-ring (bicyclic) bond motifs is 1. The minimum atomic E-state index is -1.37. The van der Waals surface area contributed by atoms with Gasteiger partial charge < -0.3 is 26.5 Å². The molecule has 1 aromatic carbocycles. The van der Waals surface area contributed by atoms with Crippen LogP contribution in [0.4, 0.5) is 0 Å². The van der Waals surface area contributed by atoms with Gasteiger partial charge in [-0.3, -0.25) is 28.8 Å². The number of Topliss-reactive ketones (excluding diaryl/α,β-unsaturated/α-hetero) is 2. The number of ketones is 2. The monoisotopic (exact) mass is 598 g/mol. The number of carbonyl (C=O) groups excluding carboxylic acids is 5. The van der Waals surface area contributed by atoms with Crippen molar-refractivity contribution in [3.8, 4) is 0 Å². The van der Waals surface area contributed by atoms with Gasteiger partial charge >= 0.3 is 5.97 Å². The van der Waals surface area contributed by atoms with Crippen molar-refractivity contribution >= 4 is 46.2 Å². The van der Waals surface area contributed by atoms with E-state index in [0.29, 0.717) is 6.42 Å². The van der Waals surface area contributed by atoms with Gasteiger partial charge in [0.15, 0.2) is 5.78 Å². The van der Waals surface area contributed by atoms with Crippen LogP contribution in [0, 0.1) is 11.8 Å². The first-order chi connectivity index (χ1) is 20.5. The van der Waals surface area contributed by atoms with Crippen molar-refractivity contribution in [3.05, 3.63) is 36.0 Å². The number of para-hydroxylation sites is 1. The standard InChI is InChI=1S/C32H46N4O7/c1-3-4-5-6-7-8-9-12-24(37)16-21(15-23-20-35-26-14-11-10-13-25(23)26)32(43)36-27(19-29(33)39)28(38)17-22(18-30(40)41)31(42)34-2/h10-11,13-14,20-22,27,35H,3-9,12,15-19H2,1-2H3,(H2,33,39)(H,34,42)(H,36,43)(H,40,41). The Morgan fingerprint density at radius 2 is 1.53 bits per heavy atom. The van der Waals surface area contributed by atoms with E-state index in [2.05, 4.69) is 22.5 Å². The van der Waals surface area contributed by atoms with Gasteiger partial charge in [-0.1, -0.05) is 63.6 Å². The highest BCUT2D eigenvalue weighted by Gasteiger charge is 2.32. The molecule has 0 fully saturated rings. The van der Waals surface area contributed by atoms with Crippen LogP contribution in [0.2, 0.25) is 0 Å². The van der Waals surface area contributed by atoms with Crippen molar-refractivity contribution in [2.24, 2.45) is 17.6 Å². The van der Waals surface area contributed by atoms with Crippen LogP contribution < -0.4 is 16.4 Å². The van der Waals surface area contributed by atoms with E-state index in [0.717, 1.165) is 42.1 Å². The van der Waals surface area contributed by atoms with Crippen LogP contribution in [0.15, 0.2) is 30.5 Å². The number of aliphatic carboxylic acids is 1. The molecule has 3 atom stereocenters. The molecular weight excluding hydrogens is 552 g/mol. The molecule has 11 heteroatoms. The van der Waals surface area contributed by atoms with Crippen molar-refractivity contribution in [2.75, 3.05) is 7.05 Å². The smallest absolute Gasteiger partial charge is 0.304 e. The highest BCUT2D eigenvalue weighted by atomic mass is 16.4. The Labute approximate surface area is 252 Å². The normalized spacial score (nSPS) is 13.2. The zero-order chi connectivity index (χ0) is 31.8. The van der Waals surface area contributed by atoms with E-state index in [1.165, 1.54) is 26.3 Å². The lowest BCUT2D eigenvalue weighted by Gasteiger charge is -2.22. The lowest BCUT2D eigenvalue weighted by atomic mass is 9.90. The molecule has 0 saturated heterocycles. The average molecular weight is 599 g/mol. The Hall–Kier alpha value is -4.02. The second-order valence-corrected chi connectivity index (χ2v) is 11.2. The lowest BCUT2D eigenvalue weighted by Crippen LogP contribution is -2.47. The zero-order valence-corrected chi connectivity index (χ0v) is 25.3. The number of nitrogens with two attached hydrogens (primary N) is 1. The van der Waals surface area contributed by atoms with Gasteiger partial charge in [0.1, 0.15) is 5.78 Å². The molecule has 1 aromatic heterocycles. The van der Waals surface area contributed by atoms with Gasteiger partial charge in [-0.05, 0) is 24.5 Å². The summed E-state index contributed by atoms with van der Waals surface area (Å²) in [7, 11) is 1.32. The van der Waals surface area contributed by atoms with E-state index in [9.17, 15) is 33.9 Å². The van der Waals surface area contributed by atoms with Crippen LogP contribution in [0.3, 0.4) is 0 Å². The maximum atomic E-state index is 13.6. The highest BCUT2D eigenvalue weighted by molar-refractivity contribution is 5.97. The fraction of sp³-hybridized carbons (Fsp3) is 0.562. The molecule has 2 rings (SSSR count). The number of benzene rings is 1. The van der Waals surface area contributed by atoms with Gasteiger partial charge in [-0.15, -0.1) is 0 Å². The summed E-state index contributed by atoms with van der Waals surface area (Å²) in [6, 6.07) is 6.21.